The molecular weight excluding hydrogens is 312 g/mol. The summed E-state index contributed by atoms with van der Waals surface area (Å²) in [5.74, 6) is -0.111. The van der Waals surface area contributed by atoms with Crippen molar-refractivity contribution in [1.29, 1.82) is 0 Å². The normalized spacial score (nSPS) is 15.0. The second kappa shape index (κ2) is 7.13. The Morgan fingerprint density at radius 2 is 2.00 bits per heavy atom. The van der Waals surface area contributed by atoms with Gasteiger partial charge in [0.25, 0.3) is 5.91 Å². The SMILES string of the molecule is CCCc1c(C(=O)NC2CCCC2)nnn1-c1ccc(Cl)cc1. The predicted molar refractivity (Wildman–Crippen MR) is 90.1 cm³/mol. The lowest BCUT2D eigenvalue weighted by Gasteiger charge is -2.12. The largest absolute Gasteiger partial charge is 0.348 e. The van der Waals surface area contributed by atoms with E-state index in [1.807, 2.05) is 24.3 Å². The fraction of sp³-hybridized carbons (Fsp3) is 0.471. The van der Waals surface area contributed by atoms with Crippen LogP contribution < -0.4 is 5.32 Å². The number of aromatic nitrogens is 3. The van der Waals surface area contributed by atoms with E-state index in [-0.39, 0.29) is 11.9 Å². The molecule has 23 heavy (non-hydrogen) atoms. The Labute approximate surface area is 141 Å². The Kier molecular flexibility index (Phi) is 4.96. The Morgan fingerprint density at radius 3 is 2.65 bits per heavy atom. The van der Waals surface area contributed by atoms with Crippen LogP contribution in [0.25, 0.3) is 5.69 Å². The average molecular weight is 333 g/mol. The minimum atomic E-state index is -0.111. The van der Waals surface area contributed by atoms with E-state index in [0.717, 1.165) is 37.1 Å². The molecule has 0 atom stereocenters. The highest BCUT2D eigenvalue weighted by atomic mass is 35.5. The van der Waals surface area contributed by atoms with Crippen LogP contribution in [0.15, 0.2) is 24.3 Å². The second-order valence-corrected chi connectivity index (χ2v) is 6.41. The molecule has 0 aliphatic heterocycles. The zero-order chi connectivity index (χ0) is 16.2. The lowest BCUT2D eigenvalue weighted by atomic mass is 10.1. The minimum Gasteiger partial charge on any atom is -0.348 e. The molecule has 122 valence electrons. The summed E-state index contributed by atoms with van der Waals surface area (Å²) in [7, 11) is 0. The molecule has 1 saturated carbocycles. The highest BCUT2D eigenvalue weighted by Gasteiger charge is 2.23. The zero-order valence-electron chi connectivity index (χ0n) is 13.3. The van der Waals surface area contributed by atoms with Gasteiger partial charge in [0, 0.05) is 11.1 Å². The van der Waals surface area contributed by atoms with Crippen LogP contribution in [0.5, 0.6) is 0 Å². The van der Waals surface area contributed by atoms with Crippen LogP contribution in [0.1, 0.15) is 55.2 Å². The van der Waals surface area contributed by atoms with Gasteiger partial charge in [0.05, 0.1) is 11.4 Å². The molecule has 5 nitrogen and oxygen atoms in total. The van der Waals surface area contributed by atoms with E-state index in [0.29, 0.717) is 10.7 Å². The van der Waals surface area contributed by atoms with Gasteiger partial charge in [0.1, 0.15) is 0 Å². The summed E-state index contributed by atoms with van der Waals surface area (Å²) in [6, 6.07) is 7.67. The molecule has 3 rings (SSSR count). The highest BCUT2D eigenvalue weighted by molar-refractivity contribution is 6.30. The van der Waals surface area contributed by atoms with Gasteiger partial charge in [-0.3, -0.25) is 4.79 Å². The summed E-state index contributed by atoms with van der Waals surface area (Å²) < 4.78 is 1.74. The lowest BCUT2D eigenvalue weighted by molar-refractivity contribution is 0.0931. The molecule has 0 saturated heterocycles. The van der Waals surface area contributed by atoms with E-state index in [2.05, 4.69) is 22.6 Å². The zero-order valence-corrected chi connectivity index (χ0v) is 14.0. The van der Waals surface area contributed by atoms with E-state index >= 15 is 0 Å². The van der Waals surface area contributed by atoms with Crippen LogP contribution >= 0.6 is 11.6 Å². The van der Waals surface area contributed by atoms with Gasteiger partial charge in [-0.25, -0.2) is 4.68 Å². The number of rotatable bonds is 5. The molecule has 1 heterocycles. The minimum absolute atomic E-state index is 0.111. The number of benzene rings is 1. The van der Waals surface area contributed by atoms with Crippen molar-refractivity contribution in [2.24, 2.45) is 0 Å². The molecule has 0 bridgehead atoms. The first-order valence-corrected chi connectivity index (χ1v) is 8.58. The Bertz CT molecular complexity index is 674. The number of hydrogen-bond donors (Lipinski definition) is 1. The summed E-state index contributed by atoms with van der Waals surface area (Å²) in [6.07, 6.45) is 6.16. The summed E-state index contributed by atoms with van der Waals surface area (Å²) in [5.41, 5.74) is 2.16. The molecule has 6 heteroatoms. The highest BCUT2D eigenvalue weighted by Crippen LogP contribution is 2.20. The van der Waals surface area contributed by atoms with Crippen molar-refractivity contribution in [2.45, 2.75) is 51.5 Å². The van der Waals surface area contributed by atoms with Crippen molar-refractivity contribution in [3.05, 3.63) is 40.7 Å². The molecule has 1 aliphatic rings. The monoisotopic (exact) mass is 332 g/mol. The first kappa shape index (κ1) is 16.0. The maximum absolute atomic E-state index is 12.5. The number of carbonyl (C=O) groups is 1. The topological polar surface area (TPSA) is 59.8 Å². The average Bonchev–Trinajstić information content (AvgIpc) is 3.18. The number of hydrogen-bond acceptors (Lipinski definition) is 3. The molecular formula is C17H21ClN4O. The third kappa shape index (κ3) is 3.55. The van der Waals surface area contributed by atoms with Crippen molar-refractivity contribution in [3.8, 4) is 5.69 Å². The van der Waals surface area contributed by atoms with Crippen molar-refractivity contribution < 1.29 is 4.79 Å². The quantitative estimate of drug-likeness (QED) is 0.911. The van der Waals surface area contributed by atoms with E-state index in [4.69, 9.17) is 11.6 Å². The van der Waals surface area contributed by atoms with E-state index in [1.54, 1.807) is 4.68 Å². The third-order valence-corrected chi connectivity index (χ3v) is 4.48. The molecule has 1 aromatic carbocycles. The van der Waals surface area contributed by atoms with Crippen molar-refractivity contribution in [3.63, 3.8) is 0 Å². The number of nitrogens with zero attached hydrogens (tertiary/aromatic N) is 3. The summed E-state index contributed by atoms with van der Waals surface area (Å²) in [4.78, 5) is 12.5. The Balaban J connectivity index is 1.88. The smallest absolute Gasteiger partial charge is 0.273 e. The molecule has 1 aliphatic carbocycles. The Hall–Kier alpha value is -1.88. The van der Waals surface area contributed by atoms with E-state index in [1.165, 1.54) is 12.8 Å². The number of carbonyl (C=O) groups excluding carboxylic acids is 1. The van der Waals surface area contributed by atoms with Gasteiger partial charge in [-0.2, -0.15) is 0 Å². The molecule has 1 aromatic heterocycles. The molecule has 2 aromatic rings. The first-order valence-electron chi connectivity index (χ1n) is 8.20. The standard InChI is InChI=1S/C17H21ClN4O/c1-2-5-15-16(17(23)19-13-6-3-4-7-13)20-21-22(15)14-10-8-12(18)9-11-14/h8-11,13H,2-7H2,1H3,(H,19,23). The molecule has 1 amide bonds. The van der Waals surface area contributed by atoms with Crippen molar-refractivity contribution in [1.82, 2.24) is 20.3 Å². The fourth-order valence-electron chi connectivity index (χ4n) is 3.05. The van der Waals surface area contributed by atoms with Crippen molar-refractivity contribution in [2.75, 3.05) is 0 Å². The van der Waals surface area contributed by atoms with Gasteiger partial charge in [0.15, 0.2) is 5.69 Å². The molecule has 1 N–H and O–H groups in total. The van der Waals surface area contributed by atoms with Gasteiger partial charge in [0.2, 0.25) is 0 Å². The third-order valence-electron chi connectivity index (χ3n) is 4.23. The number of nitrogens with one attached hydrogen (secondary N) is 1. The van der Waals surface area contributed by atoms with Crippen LogP contribution in [0.2, 0.25) is 5.02 Å². The lowest BCUT2D eigenvalue weighted by Crippen LogP contribution is -2.33. The second-order valence-electron chi connectivity index (χ2n) is 5.98. The van der Waals surface area contributed by atoms with Gasteiger partial charge in [-0.05, 0) is 43.5 Å². The van der Waals surface area contributed by atoms with E-state index in [9.17, 15) is 4.79 Å². The van der Waals surface area contributed by atoms with Crippen LogP contribution in [0.3, 0.4) is 0 Å². The van der Waals surface area contributed by atoms with Gasteiger partial charge in [-0.1, -0.05) is 43.0 Å². The first-order chi connectivity index (χ1) is 11.2. The molecule has 1 fully saturated rings. The fourth-order valence-corrected chi connectivity index (χ4v) is 3.18. The summed E-state index contributed by atoms with van der Waals surface area (Å²) in [6.45, 7) is 2.08. The van der Waals surface area contributed by atoms with Crippen molar-refractivity contribution >= 4 is 17.5 Å². The van der Waals surface area contributed by atoms with Crippen LogP contribution in [0.4, 0.5) is 0 Å². The summed E-state index contributed by atoms with van der Waals surface area (Å²) in [5, 5.41) is 12.1. The maximum atomic E-state index is 12.5. The predicted octanol–water partition coefficient (Wildman–Crippen LogP) is 3.55. The van der Waals surface area contributed by atoms with Gasteiger partial charge < -0.3 is 5.32 Å². The molecule has 0 unspecified atom stereocenters. The Morgan fingerprint density at radius 1 is 1.30 bits per heavy atom. The molecule has 0 radical (unpaired) electrons. The van der Waals surface area contributed by atoms with Gasteiger partial charge in [-0.15, -0.1) is 5.10 Å². The number of amides is 1. The summed E-state index contributed by atoms with van der Waals surface area (Å²) >= 11 is 5.94. The van der Waals surface area contributed by atoms with Crippen LogP contribution in [-0.4, -0.2) is 26.9 Å². The van der Waals surface area contributed by atoms with Crippen LogP contribution in [0, 0.1) is 0 Å². The van der Waals surface area contributed by atoms with E-state index < -0.39 is 0 Å². The molecule has 0 spiro atoms. The number of halogens is 1. The van der Waals surface area contributed by atoms with Gasteiger partial charge >= 0.3 is 0 Å². The maximum Gasteiger partial charge on any atom is 0.273 e. The van der Waals surface area contributed by atoms with Crippen LogP contribution in [-0.2, 0) is 6.42 Å².